The Morgan fingerprint density at radius 2 is 1.18 bits per heavy atom. The van der Waals surface area contributed by atoms with Crippen LogP contribution in [0.15, 0.2) is 77.4 Å². The Morgan fingerprint density at radius 3 is 1.67 bits per heavy atom. The molecule has 2 aromatic carbocycles. The number of allylic oxidation sites excluding steroid dienone is 6. The van der Waals surface area contributed by atoms with Gasteiger partial charge >= 0.3 is 0 Å². The Kier molecular flexibility index (Phi) is 18.1. The number of anilines is 1. The molecule has 66 heavy (non-hydrogen) atoms. The number of benzene rings is 2. The van der Waals surface area contributed by atoms with Crippen LogP contribution in [0.1, 0.15) is 254 Å². The maximum absolute atomic E-state index is 10.3. The molecule has 1 aliphatic carbocycles. The van der Waals surface area contributed by atoms with Gasteiger partial charge < -0.3 is 5.32 Å². The Morgan fingerprint density at radius 1 is 0.636 bits per heavy atom. The van der Waals surface area contributed by atoms with Gasteiger partial charge in [0.25, 0.3) is 0 Å². The SMILES string of the molecule is C=C(CCC1=CC(C(C)(C)C)=C(C#N)C(C(C)(C)C)C1)CCC(CCC)(CCCCCCc1cc(C(C)(C)C)c2c(c1)C(C)(C)N2)CCC(=C)CCc1cc(C(C)(C)C)cc(C(C)(C)C)c1. The van der Waals surface area contributed by atoms with E-state index in [1.54, 1.807) is 0 Å². The van der Waals surface area contributed by atoms with E-state index in [1.165, 1.54) is 126 Å². The van der Waals surface area contributed by atoms with E-state index < -0.39 is 0 Å². The monoisotopic (exact) mass is 897 g/mol. The minimum absolute atomic E-state index is 0.0422. The summed E-state index contributed by atoms with van der Waals surface area (Å²) in [7, 11) is 0. The molecule has 0 bridgehead atoms. The normalized spacial score (nSPS) is 17.6. The maximum atomic E-state index is 10.3. The number of fused-ring (bicyclic) bond motifs is 1. The molecule has 2 atom stereocenters. The molecule has 0 radical (unpaired) electrons. The molecule has 0 fully saturated rings. The molecule has 2 aromatic rings. The van der Waals surface area contributed by atoms with Crippen molar-refractivity contribution >= 4 is 5.69 Å². The average Bonchev–Trinajstić information content (AvgIpc) is 3.19. The van der Waals surface area contributed by atoms with Crippen LogP contribution in [0.5, 0.6) is 0 Å². The third kappa shape index (κ3) is 15.1. The van der Waals surface area contributed by atoms with Crippen LogP contribution in [-0.2, 0) is 34.6 Å². The molecule has 366 valence electrons. The lowest BCUT2D eigenvalue weighted by molar-refractivity contribution is 0.188. The fourth-order valence-electron chi connectivity index (χ4n) is 10.9. The summed E-state index contributed by atoms with van der Waals surface area (Å²) in [6.07, 6.45) is 22.4. The lowest BCUT2D eigenvalue weighted by Crippen LogP contribution is -2.40. The van der Waals surface area contributed by atoms with Gasteiger partial charge in [0, 0.05) is 22.7 Å². The zero-order valence-electron chi connectivity index (χ0n) is 46.4. The first-order valence-electron chi connectivity index (χ1n) is 26.6. The smallest absolute Gasteiger partial charge is 0.0953 e. The molecule has 0 amide bonds. The van der Waals surface area contributed by atoms with Crippen molar-refractivity contribution in [1.29, 1.82) is 5.26 Å². The molecule has 1 aliphatic heterocycles. The standard InChI is InChI=1S/C64H100N2/c1-21-33-64(35-31-45(2)27-29-48-37-50(58(4,5)6)43-51(38-48)59(7,8)9,34-25-23-22-24-26-47-41-55(62(16,17)18)57-56(42-47)63(19,20)66-57)36-32-46(3)28-30-49-39-53(60(10,11)12)52(44-65)54(40-49)61(13,14)15/h37-39,41-43,54,66H,2-3,21-36,40H2,1,4-20H3. The van der Waals surface area contributed by atoms with Gasteiger partial charge in [-0.15, -0.1) is 0 Å². The first-order chi connectivity index (χ1) is 30.3. The third-order valence-electron chi connectivity index (χ3n) is 15.6. The van der Waals surface area contributed by atoms with E-state index in [0.29, 0.717) is 5.41 Å². The van der Waals surface area contributed by atoms with Crippen molar-refractivity contribution in [3.63, 3.8) is 0 Å². The summed E-state index contributed by atoms with van der Waals surface area (Å²) in [6, 6.07) is 15.0. The molecule has 2 aliphatic rings. The highest BCUT2D eigenvalue weighted by molar-refractivity contribution is 5.73. The van der Waals surface area contributed by atoms with Crippen LogP contribution in [0.2, 0.25) is 0 Å². The highest BCUT2D eigenvalue weighted by Gasteiger charge is 2.39. The fourth-order valence-corrected chi connectivity index (χ4v) is 10.9. The molecule has 0 saturated carbocycles. The molecule has 0 aromatic heterocycles. The molecule has 1 heterocycles. The minimum atomic E-state index is -0.0559. The van der Waals surface area contributed by atoms with Gasteiger partial charge in [-0.3, -0.25) is 0 Å². The van der Waals surface area contributed by atoms with Crippen LogP contribution >= 0.6 is 0 Å². The Labute approximate surface area is 409 Å². The largest absolute Gasteiger partial charge is 0.375 e. The second kappa shape index (κ2) is 21.5. The zero-order chi connectivity index (χ0) is 49.7. The molecular formula is C64H100N2. The van der Waals surface area contributed by atoms with Crippen molar-refractivity contribution in [2.24, 2.45) is 22.2 Å². The van der Waals surface area contributed by atoms with Crippen LogP contribution in [0.25, 0.3) is 0 Å². The molecular weight excluding hydrogens is 797 g/mol. The van der Waals surface area contributed by atoms with Crippen LogP contribution < -0.4 is 5.32 Å². The van der Waals surface area contributed by atoms with Gasteiger partial charge in [-0.2, -0.15) is 5.26 Å². The van der Waals surface area contributed by atoms with Crippen molar-refractivity contribution in [2.75, 3.05) is 5.32 Å². The van der Waals surface area contributed by atoms with E-state index >= 15 is 0 Å². The number of nitrogens with zero attached hydrogens (tertiary/aromatic N) is 1. The van der Waals surface area contributed by atoms with Gasteiger partial charge in [0.1, 0.15) is 0 Å². The highest BCUT2D eigenvalue weighted by Crippen LogP contribution is 2.49. The molecule has 0 spiro atoms. The number of aryl methyl sites for hydroxylation is 2. The Balaban J connectivity index is 1.47. The van der Waals surface area contributed by atoms with E-state index in [1.807, 2.05) is 0 Å². The van der Waals surface area contributed by atoms with E-state index in [-0.39, 0.29) is 38.5 Å². The van der Waals surface area contributed by atoms with Gasteiger partial charge in [0.05, 0.1) is 11.6 Å². The summed E-state index contributed by atoms with van der Waals surface area (Å²) in [6.45, 7) is 51.4. The predicted molar refractivity (Wildman–Crippen MR) is 292 cm³/mol. The number of nitrogens with one attached hydrogen (secondary N) is 1. The number of nitriles is 1. The fraction of sp³-hybridized carbons (Fsp3) is 0.672. The quantitative estimate of drug-likeness (QED) is 0.100. The minimum Gasteiger partial charge on any atom is -0.375 e. The average molecular weight is 898 g/mol. The topological polar surface area (TPSA) is 35.8 Å². The van der Waals surface area contributed by atoms with Crippen LogP contribution in [0.3, 0.4) is 0 Å². The van der Waals surface area contributed by atoms with E-state index in [9.17, 15) is 5.26 Å². The lowest BCUT2D eigenvalue weighted by atomic mass is 9.65. The summed E-state index contributed by atoms with van der Waals surface area (Å²) in [5, 5.41) is 14.1. The van der Waals surface area contributed by atoms with Crippen LogP contribution in [0.4, 0.5) is 5.69 Å². The summed E-state index contributed by atoms with van der Waals surface area (Å²) in [5.41, 5.74) is 17.5. The van der Waals surface area contributed by atoms with E-state index in [4.69, 9.17) is 13.2 Å². The first-order valence-corrected chi connectivity index (χ1v) is 26.6. The van der Waals surface area contributed by atoms with Gasteiger partial charge in [-0.05, 0) is 163 Å². The summed E-state index contributed by atoms with van der Waals surface area (Å²) in [5.74, 6) is 0.257. The molecule has 4 rings (SSSR count). The molecule has 2 heteroatoms. The number of unbranched alkanes of at least 4 members (excludes halogenated alkanes) is 3. The van der Waals surface area contributed by atoms with Crippen molar-refractivity contribution in [3.8, 4) is 6.07 Å². The van der Waals surface area contributed by atoms with E-state index in [0.717, 1.165) is 50.5 Å². The van der Waals surface area contributed by atoms with Crippen LogP contribution in [0, 0.1) is 33.5 Å². The van der Waals surface area contributed by atoms with Gasteiger partial charge in [-0.25, -0.2) is 0 Å². The van der Waals surface area contributed by atoms with Crippen LogP contribution in [-0.4, -0.2) is 0 Å². The van der Waals surface area contributed by atoms with Gasteiger partial charge in [0.15, 0.2) is 0 Å². The summed E-state index contributed by atoms with van der Waals surface area (Å²) >= 11 is 0. The molecule has 1 N–H and O–H groups in total. The van der Waals surface area contributed by atoms with Crippen molar-refractivity contribution < 1.29 is 0 Å². The zero-order valence-corrected chi connectivity index (χ0v) is 46.4. The van der Waals surface area contributed by atoms with Gasteiger partial charge in [0.2, 0.25) is 0 Å². The summed E-state index contributed by atoms with van der Waals surface area (Å²) < 4.78 is 0. The first kappa shape index (κ1) is 55.3. The lowest BCUT2D eigenvalue weighted by Gasteiger charge is -2.44. The molecule has 2 nitrogen and oxygen atoms in total. The van der Waals surface area contributed by atoms with Crippen molar-refractivity contribution in [3.05, 3.63) is 111 Å². The van der Waals surface area contributed by atoms with E-state index in [2.05, 4.69) is 172 Å². The number of rotatable bonds is 21. The maximum Gasteiger partial charge on any atom is 0.0953 e. The molecule has 2 unspecified atom stereocenters. The third-order valence-corrected chi connectivity index (χ3v) is 15.6. The second-order valence-corrected chi connectivity index (χ2v) is 27.3. The Hall–Kier alpha value is -3.31. The van der Waals surface area contributed by atoms with Gasteiger partial charge in [-0.1, -0.05) is 203 Å². The number of hydrogen-bond donors (Lipinski definition) is 1. The molecule has 0 saturated heterocycles. The van der Waals surface area contributed by atoms with Crippen molar-refractivity contribution in [1.82, 2.24) is 0 Å². The Bertz CT molecular complexity index is 2070. The summed E-state index contributed by atoms with van der Waals surface area (Å²) in [4.78, 5) is 0. The van der Waals surface area contributed by atoms with Crippen molar-refractivity contribution in [2.45, 2.75) is 256 Å². The number of hydrogen-bond acceptors (Lipinski definition) is 2. The second-order valence-electron chi connectivity index (χ2n) is 27.3. The predicted octanol–water partition coefficient (Wildman–Crippen LogP) is 19.5. The highest BCUT2D eigenvalue weighted by atomic mass is 15.0.